The van der Waals surface area contributed by atoms with Crippen LogP contribution in [0.2, 0.25) is 0 Å². The Bertz CT molecular complexity index is 2280. The number of carbonyl (C=O) groups excluding carboxylic acids is 2. The average Bonchev–Trinajstić information content (AvgIpc) is 3.33. The molecule has 2 aromatic heterocycles. The Balaban J connectivity index is 0.798. The second-order valence-corrected chi connectivity index (χ2v) is 16.8. The molecule has 0 aliphatic carbocycles. The van der Waals surface area contributed by atoms with Gasteiger partial charge in [0.05, 0.1) is 24.6 Å². The molecule has 8 rings (SSSR count). The van der Waals surface area contributed by atoms with Crippen molar-refractivity contribution in [1.29, 1.82) is 0 Å². The van der Waals surface area contributed by atoms with Crippen molar-refractivity contribution in [2.45, 2.75) is 52.4 Å². The lowest BCUT2D eigenvalue weighted by molar-refractivity contribution is -0.167. The average molecular weight is 833 g/mol. The van der Waals surface area contributed by atoms with Gasteiger partial charge in [0.25, 0.3) is 0 Å². The van der Waals surface area contributed by atoms with Crippen molar-refractivity contribution < 1.29 is 19.1 Å². The fourth-order valence-electron chi connectivity index (χ4n) is 8.76. The molecule has 0 spiro atoms. The van der Waals surface area contributed by atoms with Crippen LogP contribution >= 0.6 is 0 Å². The standard InChI is InChI=1S/C52H60N6O4/c1-5-55-25-29-57(30-26-55)49-45-13-9-7-11-43(45)35-47(53-49)41-19-15-39(16-20-41)37(3)23-33-61-51(59)52(60)62-34-24-38(4)40-17-21-42(22-18-40)48-36-44-12-8-10-14-46(44)50(54-48)58-31-27-56(6-2)28-32-58/h7-22,35-38H,5-6,23-34H2,1-4H3. The van der Waals surface area contributed by atoms with Gasteiger partial charge in [-0.25, -0.2) is 19.6 Å². The molecule has 0 radical (unpaired) electrons. The van der Waals surface area contributed by atoms with Gasteiger partial charge in [-0.1, -0.05) is 125 Å². The highest BCUT2D eigenvalue weighted by atomic mass is 16.6. The second kappa shape index (κ2) is 19.9. The number of hydrogen-bond acceptors (Lipinski definition) is 10. The molecular formula is C52H60N6O4. The molecule has 6 aromatic rings. The van der Waals surface area contributed by atoms with E-state index in [9.17, 15) is 9.59 Å². The van der Waals surface area contributed by atoms with E-state index in [4.69, 9.17) is 19.4 Å². The van der Waals surface area contributed by atoms with E-state index in [0.717, 1.165) is 111 Å². The number of benzene rings is 4. The van der Waals surface area contributed by atoms with Crippen molar-refractivity contribution in [3.63, 3.8) is 0 Å². The minimum Gasteiger partial charge on any atom is -0.457 e. The normalized spacial score (nSPS) is 16.1. The summed E-state index contributed by atoms with van der Waals surface area (Å²) in [6.45, 7) is 19.1. The maximum absolute atomic E-state index is 12.6. The number of anilines is 2. The summed E-state index contributed by atoms with van der Waals surface area (Å²) in [6.07, 6.45) is 1.17. The zero-order valence-electron chi connectivity index (χ0n) is 36.8. The summed E-state index contributed by atoms with van der Waals surface area (Å²) in [5.74, 6) is 0.438. The molecule has 2 atom stereocenters. The van der Waals surface area contributed by atoms with E-state index in [1.807, 2.05) is 0 Å². The zero-order chi connectivity index (χ0) is 43.0. The minimum absolute atomic E-state index is 0.121. The van der Waals surface area contributed by atoms with Gasteiger partial charge in [-0.15, -0.1) is 0 Å². The van der Waals surface area contributed by atoms with Gasteiger partial charge < -0.3 is 29.1 Å². The van der Waals surface area contributed by atoms with Gasteiger partial charge in [0.2, 0.25) is 0 Å². The molecule has 4 heterocycles. The molecule has 10 heteroatoms. The fourth-order valence-corrected chi connectivity index (χ4v) is 8.76. The lowest BCUT2D eigenvalue weighted by Crippen LogP contribution is -2.46. The van der Waals surface area contributed by atoms with Gasteiger partial charge in [-0.2, -0.15) is 0 Å². The summed E-state index contributed by atoms with van der Waals surface area (Å²) in [5, 5.41) is 4.73. The number of piperazine rings is 2. The molecule has 62 heavy (non-hydrogen) atoms. The van der Waals surface area contributed by atoms with Crippen molar-refractivity contribution in [2.24, 2.45) is 0 Å². The van der Waals surface area contributed by atoms with E-state index in [-0.39, 0.29) is 25.0 Å². The molecule has 0 amide bonds. The molecule has 4 aromatic carbocycles. The number of nitrogens with zero attached hydrogens (tertiary/aromatic N) is 6. The van der Waals surface area contributed by atoms with Gasteiger partial charge in [-0.05, 0) is 71.8 Å². The molecule has 2 aliphatic rings. The Hall–Kier alpha value is -5.84. The number of ether oxygens (including phenoxy) is 2. The first kappa shape index (κ1) is 42.8. The largest absolute Gasteiger partial charge is 0.457 e. The number of carbonyl (C=O) groups is 2. The van der Waals surface area contributed by atoms with Gasteiger partial charge in [-0.3, -0.25) is 0 Å². The third-order valence-corrected chi connectivity index (χ3v) is 13.0. The van der Waals surface area contributed by atoms with Gasteiger partial charge in [0, 0.05) is 74.3 Å². The SMILES string of the molecule is CCN1CCN(c2nc(-c3ccc(C(C)CCOC(=O)C(=O)OCCC(C)c4ccc(-c5cc6ccccc6c(N6CCN(CC)CC6)n5)cc4)cc3)cc3ccccc23)CC1. The van der Waals surface area contributed by atoms with E-state index in [0.29, 0.717) is 12.8 Å². The van der Waals surface area contributed by atoms with E-state index >= 15 is 0 Å². The smallest absolute Gasteiger partial charge is 0.417 e. The van der Waals surface area contributed by atoms with Crippen LogP contribution in [-0.2, 0) is 19.1 Å². The Morgan fingerprint density at radius 3 is 1.27 bits per heavy atom. The van der Waals surface area contributed by atoms with Crippen molar-refractivity contribution in [1.82, 2.24) is 19.8 Å². The van der Waals surface area contributed by atoms with Crippen LogP contribution in [0.15, 0.2) is 109 Å². The van der Waals surface area contributed by atoms with Crippen LogP contribution < -0.4 is 9.80 Å². The van der Waals surface area contributed by atoms with Crippen molar-refractivity contribution >= 4 is 45.1 Å². The zero-order valence-corrected chi connectivity index (χ0v) is 36.8. The van der Waals surface area contributed by atoms with Crippen LogP contribution in [0.5, 0.6) is 0 Å². The summed E-state index contributed by atoms with van der Waals surface area (Å²) < 4.78 is 10.7. The predicted molar refractivity (Wildman–Crippen MR) is 251 cm³/mol. The topological polar surface area (TPSA) is 91.3 Å². The highest BCUT2D eigenvalue weighted by Crippen LogP contribution is 2.34. The summed E-state index contributed by atoms with van der Waals surface area (Å²) in [5.41, 5.74) is 6.29. The number of fused-ring (bicyclic) bond motifs is 2. The lowest BCUT2D eigenvalue weighted by atomic mass is 9.96. The van der Waals surface area contributed by atoms with Crippen molar-refractivity contribution in [3.05, 3.63) is 120 Å². The maximum atomic E-state index is 12.6. The van der Waals surface area contributed by atoms with Crippen LogP contribution in [0.1, 0.15) is 63.5 Å². The first-order chi connectivity index (χ1) is 30.3. The lowest BCUT2D eigenvalue weighted by Gasteiger charge is -2.35. The number of rotatable bonds is 14. The molecule has 322 valence electrons. The van der Waals surface area contributed by atoms with E-state index < -0.39 is 11.9 Å². The van der Waals surface area contributed by atoms with Crippen LogP contribution in [0.3, 0.4) is 0 Å². The Morgan fingerprint density at radius 2 is 0.903 bits per heavy atom. The number of aromatic nitrogens is 2. The van der Waals surface area contributed by atoms with Gasteiger partial charge in [0.15, 0.2) is 0 Å². The third-order valence-electron chi connectivity index (χ3n) is 13.0. The first-order valence-corrected chi connectivity index (χ1v) is 22.6. The highest BCUT2D eigenvalue weighted by Gasteiger charge is 2.23. The third kappa shape index (κ3) is 9.93. The van der Waals surface area contributed by atoms with Crippen LogP contribution in [0.25, 0.3) is 44.1 Å². The quantitative estimate of drug-likeness (QED) is 0.0782. The van der Waals surface area contributed by atoms with Gasteiger partial charge >= 0.3 is 11.9 Å². The van der Waals surface area contributed by atoms with Crippen LogP contribution in [0, 0.1) is 0 Å². The highest BCUT2D eigenvalue weighted by molar-refractivity contribution is 6.29. The number of pyridine rings is 2. The predicted octanol–water partition coefficient (Wildman–Crippen LogP) is 9.17. The Labute approximate surface area is 366 Å². The molecule has 0 N–H and O–H groups in total. The molecule has 2 unspecified atom stereocenters. The molecule has 0 bridgehead atoms. The molecular weight excluding hydrogens is 773 g/mol. The van der Waals surface area contributed by atoms with Crippen LogP contribution in [-0.4, -0.2) is 110 Å². The minimum atomic E-state index is -0.951. The number of esters is 2. The summed E-state index contributed by atoms with van der Waals surface area (Å²) in [4.78, 5) is 45.3. The van der Waals surface area contributed by atoms with Gasteiger partial charge in [0.1, 0.15) is 11.6 Å². The Kier molecular flexibility index (Phi) is 13.8. The second-order valence-electron chi connectivity index (χ2n) is 16.8. The van der Waals surface area contributed by atoms with Crippen molar-refractivity contribution in [3.8, 4) is 22.5 Å². The molecule has 10 nitrogen and oxygen atoms in total. The summed E-state index contributed by atoms with van der Waals surface area (Å²) in [6, 6.07) is 38.3. The van der Waals surface area contributed by atoms with E-state index in [1.165, 1.54) is 21.5 Å². The molecule has 0 saturated carbocycles. The van der Waals surface area contributed by atoms with E-state index in [1.54, 1.807) is 0 Å². The molecule has 2 aliphatic heterocycles. The van der Waals surface area contributed by atoms with E-state index in [2.05, 4.69) is 156 Å². The Morgan fingerprint density at radius 1 is 0.532 bits per heavy atom. The summed E-state index contributed by atoms with van der Waals surface area (Å²) >= 11 is 0. The maximum Gasteiger partial charge on any atom is 0.417 e. The fraction of sp³-hybridized carbons (Fsp3) is 0.385. The number of likely N-dealkylation sites (N-methyl/N-ethyl adjacent to an activating group) is 2. The molecule has 2 saturated heterocycles. The first-order valence-electron chi connectivity index (χ1n) is 22.6. The number of hydrogen-bond donors (Lipinski definition) is 0. The van der Waals surface area contributed by atoms with Crippen molar-refractivity contribution in [2.75, 3.05) is 88.5 Å². The summed E-state index contributed by atoms with van der Waals surface area (Å²) in [7, 11) is 0. The van der Waals surface area contributed by atoms with Crippen LogP contribution in [0.4, 0.5) is 11.6 Å². The molecule has 2 fully saturated rings. The monoisotopic (exact) mass is 832 g/mol.